The number of hydrogen-bond acceptors (Lipinski definition) is 1. The molecule has 2 aliphatic rings. The van der Waals surface area contributed by atoms with Gasteiger partial charge in [0.05, 0.1) is 0 Å². The molecule has 70 valence electrons. The standard InChI is InChI=1S/C8H12S.C3H8/c9-8-3-1-2-6-4-5-7(6)8;1-3-2/h8-9H,1-5H2;3H2,1-2H3. The summed E-state index contributed by atoms with van der Waals surface area (Å²) in [4.78, 5) is 0. The second kappa shape index (κ2) is 4.96. The summed E-state index contributed by atoms with van der Waals surface area (Å²) in [5.41, 5.74) is 3.42. The minimum atomic E-state index is 0.641. The molecule has 2 aliphatic carbocycles. The summed E-state index contributed by atoms with van der Waals surface area (Å²) in [7, 11) is 0. The smallest absolute Gasteiger partial charge is 0.0229 e. The molecule has 0 bridgehead atoms. The van der Waals surface area contributed by atoms with Crippen LogP contribution in [0.2, 0.25) is 0 Å². The van der Waals surface area contributed by atoms with E-state index in [2.05, 4.69) is 26.5 Å². The van der Waals surface area contributed by atoms with E-state index in [1.807, 2.05) is 0 Å². The lowest BCUT2D eigenvalue weighted by Crippen LogP contribution is -2.18. The van der Waals surface area contributed by atoms with Crippen LogP contribution in [0.4, 0.5) is 0 Å². The van der Waals surface area contributed by atoms with E-state index in [-0.39, 0.29) is 0 Å². The van der Waals surface area contributed by atoms with E-state index in [9.17, 15) is 0 Å². The van der Waals surface area contributed by atoms with E-state index in [0.717, 1.165) is 0 Å². The molecule has 0 fully saturated rings. The highest BCUT2D eigenvalue weighted by atomic mass is 32.1. The van der Waals surface area contributed by atoms with Crippen molar-refractivity contribution in [3.8, 4) is 0 Å². The summed E-state index contributed by atoms with van der Waals surface area (Å²) < 4.78 is 0. The van der Waals surface area contributed by atoms with Crippen molar-refractivity contribution in [3.05, 3.63) is 11.1 Å². The maximum Gasteiger partial charge on any atom is 0.0229 e. The van der Waals surface area contributed by atoms with Gasteiger partial charge in [-0.1, -0.05) is 31.4 Å². The molecule has 0 amide bonds. The van der Waals surface area contributed by atoms with Gasteiger partial charge in [0.25, 0.3) is 0 Å². The molecule has 0 heterocycles. The highest BCUT2D eigenvalue weighted by Crippen LogP contribution is 2.41. The first kappa shape index (κ1) is 10.2. The Kier molecular flexibility index (Phi) is 4.20. The number of thiol groups is 1. The van der Waals surface area contributed by atoms with E-state index in [1.165, 1.54) is 38.5 Å². The Bertz CT molecular complexity index is 170. The van der Waals surface area contributed by atoms with Gasteiger partial charge in [-0.25, -0.2) is 0 Å². The molecule has 1 unspecified atom stereocenters. The zero-order chi connectivity index (χ0) is 8.97. The van der Waals surface area contributed by atoms with E-state index in [1.54, 1.807) is 11.1 Å². The Morgan fingerprint density at radius 1 is 1.25 bits per heavy atom. The molecule has 1 heteroatoms. The van der Waals surface area contributed by atoms with Crippen LogP contribution < -0.4 is 0 Å². The minimum Gasteiger partial charge on any atom is -0.171 e. The van der Waals surface area contributed by atoms with Gasteiger partial charge in [0.15, 0.2) is 0 Å². The third kappa shape index (κ3) is 2.29. The largest absolute Gasteiger partial charge is 0.171 e. The third-order valence-corrected chi connectivity index (χ3v) is 3.08. The molecule has 0 radical (unpaired) electrons. The van der Waals surface area contributed by atoms with Crippen molar-refractivity contribution >= 4 is 12.6 Å². The quantitative estimate of drug-likeness (QED) is 0.427. The Morgan fingerprint density at radius 3 is 2.25 bits per heavy atom. The molecule has 2 rings (SSSR count). The SMILES string of the molecule is CCC.SC1CCCC2=C1CC2. The molecule has 0 spiro atoms. The number of allylic oxidation sites excluding steroid dienone is 1. The van der Waals surface area contributed by atoms with Gasteiger partial charge in [-0.2, -0.15) is 12.6 Å². The first-order chi connectivity index (χ1) is 5.79. The van der Waals surface area contributed by atoms with E-state index >= 15 is 0 Å². The zero-order valence-electron chi connectivity index (χ0n) is 8.27. The molecule has 0 aromatic heterocycles. The highest BCUT2D eigenvalue weighted by molar-refractivity contribution is 7.81. The van der Waals surface area contributed by atoms with Crippen LogP contribution in [0.5, 0.6) is 0 Å². The Morgan fingerprint density at radius 2 is 1.92 bits per heavy atom. The molecule has 0 saturated heterocycles. The van der Waals surface area contributed by atoms with Crippen molar-refractivity contribution in [2.24, 2.45) is 0 Å². The Labute approximate surface area is 81.8 Å². The second-order valence-corrected chi connectivity index (χ2v) is 4.37. The van der Waals surface area contributed by atoms with Crippen LogP contribution in [0.3, 0.4) is 0 Å². The lowest BCUT2D eigenvalue weighted by Gasteiger charge is -2.32. The highest BCUT2D eigenvalue weighted by Gasteiger charge is 2.25. The first-order valence-corrected chi connectivity index (χ1v) is 5.70. The Balaban J connectivity index is 0.000000213. The molecule has 0 N–H and O–H groups in total. The number of hydrogen-bond donors (Lipinski definition) is 1. The monoisotopic (exact) mass is 184 g/mol. The summed E-state index contributed by atoms with van der Waals surface area (Å²) in [5.74, 6) is 0. The topological polar surface area (TPSA) is 0 Å². The van der Waals surface area contributed by atoms with Gasteiger partial charge in [-0.15, -0.1) is 0 Å². The van der Waals surface area contributed by atoms with Crippen molar-refractivity contribution < 1.29 is 0 Å². The average molecular weight is 184 g/mol. The fraction of sp³-hybridized carbons (Fsp3) is 0.818. The van der Waals surface area contributed by atoms with Gasteiger partial charge >= 0.3 is 0 Å². The molecule has 0 aliphatic heterocycles. The van der Waals surface area contributed by atoms with Gasteiger partial charge in [0, 0.05) is 5.25 Å². The molecule has 0 aromatic carbocycles. The van der Waals surface area contributed by atoms with Crippen LogP contribution in [-0.2, 0) is 0 Å². The summed E-state index contributed by atoms with van der Waals surface area (Å²) in [6.07, 6.45) is 8.07. The van der Waals surface area contributed by atoms with Gasteiger partial charge in [0.2, 0.25) is 0 Å². The van der Waals surface area contributed by atoms with E-state index in [4.69, 9.17) is 0 Å². The van der Waals surface area contributed by atoms with E-state index < -0.39 is 0 Å². The molecular formula is C11H20S. The molecule has 12 heavy (non-hydrogen) atoms. The fourth-order valence-corrected chi connectivity index (χ4v) is 2.31. The molecular weight excluding hydrogens is 164 g/mol. The first-order valence-electron chi connectivity index (χ1n) is 5.18. The van der Waals surface area contributed by atoms with Gasteiger partial charge < -0.3 is 0 Å². The maximum absolute atomic E-state index is 4.51. The van der Waals surface area contributed by atoms with Crippen LogP contribution in [0.25, 0.3) is 0 Å². The maximum atomic E-state index is 4.51. The fourth-order valence-electron chi connectivity index (χ4n) is 1.82. The van der Waals surface area contributed by atoms with Crippen molar-refractivity contribution in [2.75, 3.05) is 0 Å². The molecule has 0 nitrogen and oxygen atoms in total. The Hall–Kier alpha value is 0.0900. The summed E-state index contributed by atoms with van der Waals surface area (Å²) in [6.45, 7) is 4.25. The van der Waals surface area contributed by atoms with Crippen molar-refractivity contribution in [2.45, 2.75) is 57.6 Å². The average Bonchev–Trinajstić information content (AvgIpc) is 1.95. The second-order valence-electron chi connectivity index (χ2n) is 3.74. The lowest BCUT2D eigenvalue weighted by atomic mass is 9.78. The van der Waals surface area contributed by atoms with Crippen LogP contribution in [0.15, 0.2) is 11.1 Å². The van der Waals surface area contributed by atoms with Gasteiger partial charge in [-0.05, 0) is 32.1 Å². The minimum absolute atomic E-state index is 0.641. The van der Waals surface area contributed by atoms with Crippen LogP contribution in [-0.4, -0.2) is 5.25 Å². The van der Waals surface area contributed by atoms with Crippen molar-refractivity contribution in [3.63, 3.8) is 0 Å². The van der Waals surface area contributed by atoms with Crippen molar-refractivity contribution in [1.82, 2.24) is 0 Å². The predicted molar refractivity (Wildman–Crippen MR) is 58.9 cm³/mol. The van der Waals surface area contributed by atoms with Crippen LogP contribution >= 0.6 is 12.6 Å². The van der Waals surface area contributed by atoms with E-state index in [0.29, 0.717) is 5.25 Å². The molecule has 1 atom stereocenters. The summed E-state index contributed by atoms with van der Waals surface area (Å²) >= 11 is 4.51. The summed E-state index contributed by atoms with van der Waals surface area (Å²) in [5, 5.41) is 0.641. The van der Waals surface area contributed by atoms with Crippen LogP contribution in [0, 0.1) is 0 Å². The van der Waals surface area contributed by atoms with Crippen molar-refractivity contribution in [1.29, 1.82) is 0 Å². The summed E-state index contributed by atoms with van der Waals surface area (Å²) in [6, 6.07) is 0. The van der Waals surface area contributed by atoms with Gasteiger partial charge in [0.1, 0.15) is 0 Å². The van der Waals surface area contributed by atoms with Crippen LogP contribution in [0.1, 0.15) is 52.4 Å². The lowest BCUT2D eigenvalue weighted by molar-refractivity contribution is 0.583. The molecule has 0 saturated carbocycles. The normalized spacial score (nSPS) is 26.8. The molecule has 0 aromatic rings. The van der Waals surface area contributed by atoms with Gasteiger partial charge in [-0.3, -0.25) is 0 Å². The third-order valence-electron chi connectivity index (χ3n) is 2.51. The predicted octanol–water partition coefficient (Wildman–Crippen LogP) is 3.98. The number of rotatable bonds is 0. The zero-order valence-corrected chi connectivity index (χ0v) is 9.16.